The molecule has 0 aliphatic carbocycles. The number of hydrogen-bond donors (Lipinski definition) is 2. The van der Waals surface area contributed by atoms with E-state index >= 15 is 0 Å². The molecule has 1 saturated heterocycles. The van der Waals surface area contributed by atoms with Gasteiger partial charge in [-0.2, -0.15) is 4.31 Å². The molecule has 30 heavy (non-hydrogen) atoms. The van der Waals surface area contributed by atoms with Gasteiger partial charge >= 0.3 is 11.8 Å². The van der Waals surface area contributed by atoms with Gasteiger partial charge in [0.1, 0.15) is 0 Å². The fourth-order valence-electron chi connectivity index (χ4n) is 3.43. The number of nitrogens with one attached hydrogen (secondary N) is 2. The van der Waals surface area contributed by atoms with E-state index in [1.54, 1.807) is 12.1 Å². The van der Waals surface area contributed by atoms with Gasteiger partial charge in [0.05, 0.1) is 4.90 Å². The van der Waals surface area contributed by atoms with Crippen LogP contribution in [0.2, 0.25) is 5.02 Å². The normalized spacial score (nSPS) is 17.7. The van der Waals surface area contributed by atoms with Crippen molar-refractivity contribution in [3.8, 4) is 0 Å². The van der Waals surface area contributed by atoms with E-state index in [1.807, 2.05) is 19.0 Å². The highest BCUT2D eigenvalue weighted by atomic mass is 35.5. The molecule has 0 bridgehead atoms. The van der Waals surface area contributed by atoms with Crippen LogP contribution >= 0.6 is 11.6 Å². The molecule has 10 heteroatoms. The van der Waals surface area contributed by atoms with Crippen LogP contribution in [0.15, 0.2) is 29.2 Å². The predicted octanol–water partition coefficient (Wildman–Crippen LogP) is 1.46. The zero-order chi connectivity index (χ0) is 22.1. The summed E-state index contributed by atoms with van der Waals surface area (Å²) in [5, 5.41) is 5.67. The Morgan fingerprint density at radius 3 is 2.37 bits per heavy atom. The van der Waals surface area contributed by atoms with Crippen LogP contribution in [-0.2, 0) is 19.6 Å². The first kappa shape index (κ1) is 24.6. The molecule has 1 aliphatic rings. The van der Waals surface area contributed by atoms with Crippen molar-refractivity contribution in [2.45, 2.75) is 43.0 Å². The SMILES string of the molecule is CN(C)CCCNC(=O)C(=O)NCC[C@@H]1CCCCN1S(=O)(=O)c1ccc(Cl)cc1. The molecule has 0 radical (unpaired) electrons. The quantitative estimate of drug-likeness (QED) is 0.431. The van der Waals surface area contributed by atoms with Gasteiger partial charge in [0, 0.05) is 30.7 Å². The summed E-state index contributed by atoms with van der Waals surface area (Å²) in [6, 6.07) is 5.91. The smallest absolute Gasteiger partial charge is 0.309 e. The minimum atomic E-state index is -3.64. The summed E-state index contributed by atoms with van der Waals surface area (Å²) in [6.07, 6.45) is 3.65. The predicted molar refractivity (Wildman–Crippen MR) is 117 cm³/mol. The number of carbonyl (C=O) groups is 2. The third-order valence-corrected chi connectivity index (χ3v) is 7.25. The zero-order valence-corrected chi connectivity index (χ0v) is 19.1. The van der Waals surface area contributed by atoms with Crippen molar-refractivity contribution in [1.82, 2.24) is 19.8 Å². The summed E-state index contributed by atoms with van der Waals surface area (Å²) < 4.78 is 27.6. The van der Waals surface area contributed by atoms with Crippen molar-refractivity contribution in [1.29, 1.82) is 0 Å². The molecule has 1 aromatic rings. The molecule has 1 heterocycles. The van der Waals surface area contributed by atoms with Crippen molar-refractivity contribution >= 4 is 33.4 Å². The van der Waals surface area contributed by atoms with E-state index in [0.717, 1.165) is 32.2 Å². The minimum absolute atomic E-state index is 0.208. The lowest BCUT2D eigenvalue weighted by molar-refractivity contribution is -0.139. The van der Waals surface area contributed by atoms with Crippen LogP contribution in [0.3, 0.4) is 0 Å². The first-order chi connectivity index (χ1) is 14.2. The molecule has 2 rings (SSSR count). The van der Waals surface area contributed by atoms with Crippen LogP contribution < -0.4 is 10.6 Å². The van der Waals surface area contributed by atoms with E-state index < -0.39 is 21.8 Å². The van der Waals surface area contributed by atoms with E-state index in [2.05, 4.69) is 10.6 Å². The van der Waals surface area contributed by atoms with E-state index in [9.17, 15) is 18.0 Å². The highest BCUT2D eigenvalue weighted by Gasteiger charge is 2.33. The summed E-state index contributed by atoms with van der Waals surface area (Å²) in [7, 11) is 0.243. The van der Waals surface area contributed by atoms with E-state index in [-0.39, 0.29) is 17.5 Å². The molecule has 8 nitrogen and oxygen atoms in total. The van der Waals surface area contributed by atoms with Crippen LogP contribution in [0.4, 0.5) is 0 Å². The van der Waals surface area contributed by atoms with E-state index in [1.165, 1.54) is 16.4 Å². The Bertz CT molecular complexity index is 815. The van der Waals surface area contributed by atoms with Crippen molar-refractivity contribution < 1.29 is 18.0 Å². The number of piperidine rings is 1. The molecule has 1 aromatic carbocycles. The Morgan fingerprint density at radius 1 is 1.10 bits per heavy atom. The van der Waals surface area contributed by atoms with Gasteiger partial charge in [0.25, 0.3) is 0 Å². The summed E-state index contributed by atoms with van der Waals surface area (Å²) in [5.74, 6) is -1.36. The lowest BCUT2D eigenvalue weighted by Gasteiger charge is -2.34. The van der Waals surface area contributed by atoms with Gasteiger partial charge in [-0.25, -0.2) is 8.42 Å². The summed E-state index contributed by atoms with van der Waals surface area (Å²) in [4.78, 5) is 26.0. The number of benzene rings is 1. The molecule has 0 unspecified atom stereocenters. The molecule has 168 valence electrons. The number of carbonyl (C=O) groups excluding carboxylic acids is 2. The highest BCUT2D eigenvalue weighted by molar-refractivity contribution is 7.89. The van der Waals surface area contributed by atoms with Crippen molar-refractivity contribution in [2.75, 3.05) is 40.3 Å². The molecule has 1 atom stereocenters. The van der Waals surface area contributed by atoms with Crippen LogP contribution in [0, 0.1) is 0 Å². The van der Waals surface area contributed by atoms with Gasteiger partial charge < -0.3 is 15.5 Å². The number of sulfonamides is 1. The molecular formula is C20H31ClN4O4S. The third kappa shape index (κ3) is 7.23. The average Bonchev–Trinajstić information content (AvgIpc) is 2.71. The fourth-order valence-corrected chi connectivity index (χ4v) is 5.28. The molecule has 0 aromatic heterocycles. The second-order valence-corrected chi connectivity index (χ2v) is 10.0. The number of amides is 2. The first-order valence-electron chi connectivity index (χ1n) is 10.2. The molecule has 2 N–H and O–H groups in total. The standard InChI is InChI=1S/C20H31ClN4O4S/c1-24(2)14-5-12-22-19(26)20(27)23-13-11-17-6-3-4-15-25(17)30(28,29)18-9-7-16(21)8-10-18/h7-10,17H,3-6,11-15H2,1-2H3,(H,22,26)(H,23,27)/t17-/m0/s1. The Labute approximate surface area is 184 Å². The Morgan fingerprint density at radius 2 is 1.73 bits per heavy atom. The number of halogens is 1. The lowest BCUT2D eigenvalue weighted by Crippen LogP contribution is -2.46. The van der Waals surface area contributed by atoms with Gasteiger partial charge in [0.2, 0.25) is 10.0 Å². The number of hydrogen-bond acceptors (Lipinski definition) is 5. The van der Waals surface area contributed by atoms with E-state index in [0.29, 0.717) is 24.5 Å². The number of rotatable bonds is 9. The maximum absolute atomic E-state index is 13.0. The summed E-state index contributed by atoms with van der Waals surface area (Å²) in [6.45, 7) is 1.93. The van der Waals surface area contributed by atoms with Crippen molar-refractivity contribution in [3.05, 3.63) is 29.3 Å². The van der Waals surface area contributed by atoms with E-state index in [4.69, 9.17) is 11.6 Å². The zero-order valence-electron chi connectivity index (χ0n) is 17.6. The van der Waals surface area contributed by atoms with Gasteiger partial charge in [-0.15, -0.1) is 0 Å². The fraction of sp³-hybridized carbons (Fsp3) is 0.600. The second-order valence-electron chi connectivity index (χ2n) is 7.68. The van der Waals surface area contributed by atoms with Crippen molar-refractivity contribution in [2.24, 2.45) is 0 Å². The molecular weight excluding hydrogens is 428 g/mol. The van der Waals surface area contributed by atoms with Gasteiger partial charge in [-0.05, 0) is 70.6 Å². The Hall–Kier alpha value is -1.68. The molecule has 0 saturated carbocycles. The highest BCUT2D eigenvalue weighted by Crippen LogP contribution is 2.27. The first-order valence-corrected chi connectivity index (χ1v) is 12.0. The van der Waals surface area contributed by atoms with Gasteiger partial charge in [-0.3, -0.25) is 9.59 Å². The maximum Gasteiger partial charge on any atom is 0.309 e. The minimum Gasteiger partial charge on any atom is -0.348 e. The summed E-state index contributed by atoms with van der Waals surface area (Å²) in [5.41, 5.74) is 0. The Balaban J connectivity index is 1.86. The monoisotopic (exact) mass is 458 g/mol. The molecule has 1 aliphatic heterocycles. The average molecular weight is 459 g/mol. The summed E-state index contributed by atoms with van der Waals surface area (Å²) >= 11 is 5.87. The topological polar surface area (TPSA) is 98.8 Å². The van der Waals surface area contributed by atoms with Crippen LogP contribution in [0.1, 0.15) is 32.1 Å². The lowest BCUT2D eigenvalue weighted by atomic mass is 10.0. The van der Waals surface area contributed by atoms with Gasteiger partial charge in [-0.1, -0.05) is 18.0 Å². The molecule has 1 fully saturated rings. The largest absolute Gasteiger partial charge is 0.348 e. The van der Waals surface area contributed by atoms with Gasteiger partial charge in [0.15, 0.2) is 0 Å². The number of nitrogens with zero attached hydrogens (tertiary/aromatic N) is 2. The maximum atomic E-state index is 13.0. The van der Waals surface area contributed by atoms with Crippen LogP contribution in [0.5, 0.6) is 0 Å². The van der Waals surface area contributed by atoms with Crippen LogP contribution in [0.25, 0.3) is 0 Å². The van der Waals surface area contributed by atoms with Crippen molar-refractivity contribution in [3.63, 3.8) is 0 Å². The Kier molecular flexibility index (Phi) is 9.54. The molecule has 0 spiro atoms. The second kappa shape index (κ2) is 11.6. The third-order valence-electron chi connectivity index (χ3n) is 5.03. The van der Waals surface area contributed by atoms with Crippen LogP contribution in [-0.4, -0.2) is 75.8 Å². The molecule has 2 amide bonds.